The van der Waals surface area contributed by atoms with E-state index in [9.17, 15) is 0 Å². The van der Waals surface area contributed by atoms with Crippen LogP contribution in [-0.4, -0.2) is 21.5 Å². The minimum atomic E-state index is 0.815. The number of anilines is 1. The summed E-state index contributed by atoms with van der Waals surface area (Å²) >= 11 is 5.07. The van der Waals surface area contributed by atoms with Crippen LogP contribution in [-0.2, 0) is 6.42 Å². The highest BCUT2D eigenvalue weighted by molar-refractivity contribution is 7.20. The van der Waals surface area contributed by atoms with Gasteiger partial charge in [0.2, 0.25) is 0 Å². The van der Waals surface area contributed by atoms with E-state index >= 15 is 0 Å². The van der Waals surface area contributed by atoms with Gasteiger partial charge in [0.1, 0.15) is 22.0 Å². The Bertz CT molecular complexity index is 879. The maximum atomic E-state index is 4.69. The summed E-state index contributed by atoms with van der Waals surface area (Å²) in [6.07, 6.45) is 2.50. The third kappa shape index (κ3) is 2.75. The standard InChI is InChI=1S/C15H12N4S3/c1-2-12(20-6-1)15-19-10(8-22-15)3-5-16-13-11-4-7-21-14(11)18-9-17-13/h1-2,4,6-9H,3,5H2,(H,16,17,18). The molecule has 0 aliphatic rings. The molecule has 4 aromatic rings. The number of hydrogen-bond acceptors (Lipinski definition) is 7. The minimum Gasteiger partial charge on any atom is -0.369 e. The Hall–Kier alpha value is -1.83. The molecule has 4 rings (SSSR count). The van der Waals surface area contributed by atoms with Crippen molar-refractivity contribution in [1.29, 1.82) is 0 Å². The highest BCUT2D eigenvalue weighted by Crippen LogP contribution is 2.28. The van der Waals surface area contributed by atoms with Crippen molar-refractivity contribution in [1.82, 2.24) is 15.0 Å². The van der Waals surface area contributed by atoms with E-state index in [2.05, 4.69) is 44.2 Å². The predicted octanol–water partition coefficient (Wildman–Crippen LogP) is 4.53. The van der Waals surface area contributed by atoms with Gasteiger partial charge in [0.15, 0.2) is 0 Å². The Kier molecular flexibility index (Phi) is 3.84. The van der Waals surface area contributed by atoms with Gasteiger partial charge in [-0.15, -0.1) is 34.0 Å². The Labute approximate surface area is 139 Å². The van der Waals surface area contributed by atoms with Gasteiger partial charge < -0.3 is 5.32 Å². The molecule has 0 bridgehead atoms. The average Bonchev–Trinajstić information content (AvgIpc) is 3.28. The zero-order valence-corrected chi connectivity index (χ0v) is 14.0. The first-order valence-corrected chi connectivity index (χ1v) is 9.44. The Balaban J connectivity index is 1.42. The van der Waals surface area contributed by atoms with E-state index < -0.39 is 0 Å². The lowest BCUT2D eigenvalue weighted by molar-refractivity contribution is 0.970. The molecule has 0 aliphatic heterocycles. The van der Waals surface area contributed by atoms with E-state index in [1.807, 2.05) is 5.38 Å². The monoisotopic (exact) mass is 344 g/mol. The maximum absolute atomic E-state index is 4.69. The van der Waals surface area contributed by atoms with Gasteiger partial charge in [-0.05, 0) is 22.9 Å². The molecule has 22 heavy (non-hydrogen) atoms. The molecule has 4 nitrogen and oxygen atoms in total. The lowest BCUT2D eigenvalue weighted by Crippen LogP contribution is -2.06. The van der Waals surface area contributed by atoms with Crippen LogP contribution >= 0.6 is 34.0 Å². The summed E-state index contributed by atoms with van der Waals surface area (Å²) in [5.74, 6) is 0.903. The first-order valence-electron chi connectivity index (χ1n) is 6.80. The third-order valence-electron chi connectivity index (χ3n) is 3.22. The zero-order valence-electron chi connectivity index (χ0n) is 11.5. The van der Waals surface area contributed by atoms with Gasteiger partial charge in [0.25, 0.3) is 0 Å². The Morgan fingerprint density at radius 3 is 2.95 bits per heavy atom. The van der Waals surface area contributed by atoms with E-state index in [1.54, 1.807) is 40.3 Å². The number of rotatable bonds is 5. The average molecular weight is 344 g/mol. The van der Waals surface area contributed by atoms with Crippen molar-refractivity contribution in [3.8, 4) is 9.88 Å². The van der Waals surface area contributed by atoms with Gasteiger partial charge in [0, 0.05) is 18.3 Å². The molecule has 0 saturated heterocycles. The molecule has 0 radical (unpaired) electrons. The summed E-state index contributed by atoms with van der Waals surface area (Å²) in [7, 11) is 0. The van der Waals surface area contributed by atoms with Gasteiger partial charge in [-0.2, -0.15) is 0 Å². The van der Waals surface area contributed by atoms with E-state index in [4.69, 9.17) is 4.98 Å². The molecule has 0 spiro atoms. The second kappa shape index (κ2) is 6.12. The summed E-state index contributed by atoms with van der Waals surface area (Å²) in [4.78, 5) is 15.5. The smallest absolute Gasteiger partial charge is 0.138 e. The van der Waals surface area contributed by atoms with Crippen molar-refractivity contribution in [2.75, 3.05) is 11.9 Å². The number of thiazole rings is 1. The minimum absolute atomic E-state index is 0.815. The topological polar surface area (TPSA) is 50.7 Å². The van der Waals surface area contributed by atoms with Crippen LogP contribution < -0.4 is 5.32 Å². The molecule has 7 heteroatoms. The number of hydrogen-bond donors (Lipinski definition) is 1. The van der Waals surface area contributed by atoms with Crippen molar-refractivity contribution >= 4 is 50.0 Å². The number of nitrogens with one attached hydrogen (secondary N) is 1. The van der Waals surface area contributed by atoms with Crippen molar-refractivity contribution < 1.29 is 0 Å². The van der Waals surface area contributed by atoms with Crippen molar-refractivity contribution in [2.45, 2.75) is 6.42 Å². The van der Waals surface area contributed by atoms with Gasteiger partial charge in [-0.3, -0.25) is 0 Å². The molecule has 0 aromatic carbocycles. The van der Waals surface area contributed by atoms with Crippen LogP contribution in [0.25, 0.3) is 20.1 Å². The molecule has 0 unspecified atom stereocenters. The number of thiophene rings is 2. The van der Waals surface area contributed by atoms with Gasteiger partial charge in [0.05, 0.1) is 16.0 Å². The third-order valence-corrected chi connectivity index (χ3v) is 5.97. The fraction of sp³-hybridized carbons (Fsp3) is 0.133. The molecule has 0 aliphatic carbocycles. The van der Waals surface area contributed by atoms with E-state index in [-0.39, 0.29) is 0 Å². The second-order valence-corrected chi connectivity index (χ2v) is 7.36. The van der Waals surface area contributed by atoms with Crippen LogP contribution in [0.15, 0.2) is 40.7 Å². The maximum Gasteiger partial charge on any atom is 0.138 e. The van der Waals surface area contributed by atoms with Crippen LogP contribution in [0.1, 0.15) is 5.69 Å². The second-order valence-electron chi connectivity index (χ2n) is 4.66. The molecule has 0 fully saturated rings. The van der Waals surface area contributed by atoms with Gasteiger partial charge in [-0.1, -0.05) is 6.07 Å². The SMILES string of the molecule is c1csc(-c2nc(CCNc3ncnc4sccc34)cs2)c1. The highest BCUT2D eigenvalue weighted by Gasteiger charge is 2.07. The van der Waals surface area contributed by atoms with Crippen molar-refractivity contribution in [2.24, 2.45) is 0 Å². The number of aromatic nitrogens is 3. The van der Waals surface area contributed by atoms with Crippen LogP contribution in [0, 0.1) is 0 Å². The molecule has 0 saturated carbocycles. The normalized spacial score (nSPS) is 11.1. The molecular weight excluding hydrogens is 332 g/mol. The largest absolute Gasteiger partial charge is 0.369 e. The summed E-state index contributed by atoms with van der Waals surface area (Å²) in [5.41, 5.74) is 1.12. The van der Waals surface area contributed by atoms with E-state index in [0.29, 0.717) is 0 Å². The summed E-state index contributed by atoms with van der Waals surface area (Å²) in [6, 6.07) is 6.23. The lowest BCUT2D eigenvalue weighted by atomic mass is 10.3. The lowest BCUT2D eigenvalue weighted by Gasteiger charge is -2.04. The fourth-order valence-electron chi connectivity index (χ4n) is 2.18. The van der Waals surface area contributed by atoms with Crippen LogP contribution in [0.5, 0.6) is 0 Å². The van der Waals surface area contributed by atoms with Crippen LogP contribution in [0.3, 0.4) is 0 Å². The zero-order chi connectivity index (χ0) is 14.8. The quantitative estimate of drug-likeness (QED) is 0.578. The molecule has 1 N–H and O–H groups in total. The van der Waals surface area contributed by atoms with Crippen molar-refractivity contribution in [3.05, 3.63) is 46.4 Å². The Morgan fingerprint density at radius 2 is 2.05 bits per heavy atom. The molecule has 0 atom stereocenters. The number of nitrogens with zero attached hydrogens (tertiary/aromatic N) is 3. The molecule has 0 amide bonds. The first-order chi connectivity index (χ1) is 10.9. The Morgan fingerprint density at radius 1 is 1.05 bits per heavy atom. The predicted molar refractivity (Wildman–Crippen MR) is 95.0 cm³/mol. The van der Waals surface area contributed by atoms with Crippen molar-refractivity contribution in [3.63, 3.8) is 0 Å². The van der Waals surface area contributed by atoms with Gasteiger partial charge in [-0.25, -0.2) is 15.0 Å². The molecule has 4 aromatic heterocycles. The van der Waals surface area contributed by atoms with E-state index in [1.165, 1.54) is 4.88 Å². The molecular formula is C15H12N4S3. The fourth-order valence-corrected chi connectivity index (χ4v) is 4.58. The highest BCUT2D eigenvalue weighted by atomic mass is 32.1. The van der Waals surface area contributed by atoms with Gasteiger partial charge >= 0.3 is 0 Å². The summed E-state index contributed by atoms with van der Waals surface area (Å²) in [5, 5.41) is 11.8. The molecule has 110 valence electrons. The molecule has 4 heterocycles. The summed E-state index contributed by atoms with van der Waals surface area (Å²) < 4.78 is 0. The van der Waals surface area contributed by atoms with E-state index in [0.717, 1.165) is 39.7 Å². The number of fused-ring (bicyclic) bond motifs is 1. The van der Waals surface area contributed by atoms with Crippen LogP contribution in [0.4, 0.5) is 5.82 Å². The summed E-state index contributed by atoms with van der Waals surface area (Å²) in [6.45, 7) is 0.815. The first kappa shape index (κ1) is 13.8. The van der Waals surface area contributed by atoms with Crippen LogP contribution in [0.2, 0.25) is 0 Å².